The molecule has 0 fully saturated rings. The molecule has 0 heterocycles. The first-order valence-corrected chi connectivity index (χ1v) is 7.01. The number of carboxylic acids is 1. The summed E-state index contributed by atoms with van der Waals surface area (Å²) < 4.78 is 10.9. The Morgan fingerprint density at radius 2 is 1.67 bits per heavy atom. The molecule has 118 valence electrons. The summed E-state index contributed by atoms with van der Waals surface area (Å²) in [4.78, 5) is 11.4. The first kappa shape index (κ1) is 17.3. The Labute approximate surface area is 127 Å². The van der Waals surface area contributed by atoms with Gasteiger partial charge in [0.05, 0.1) is 19.6 Å². The van der Waals surface area contributed by atoms with E-state index in [0.717, 1.165) is 11.1 Å². The predicted molar refractivity (Wildman–Crippen MR) is 83.4 cm³/mol. The van der Waals surface area contributed by atoms with Crippen LogP contribution in [0.1, 0.15) is 45.7 Å². The molecular formula is C17H26O4. The number of ether oxygens (including phenoxy) is 2. The number of methoxy groups -OCH3 is 2. The number of hydrogen-bond donors (Lipinski definition) is 1. The standard InChI is InChI=1S/C17H26O4/c1-16(2,3)12-8-11(10-17(4,5)15(18)19)14(21-7)13(9-12)20-6/h8-9H,10H2,1-7H3,(H,18,19). The van der Waals surface area contributed by atoms with Crippen molar-refractivity contribution in [1.82, 2.24) is 0 Å². The van der Waals surface area contributed by atoms with Gasteiger partial charge in [-0.2, -0.15) is 0 Å². The molecule has 0 aliphatic heterocycles. The third-order valence-corrected chi connectivity index (χ3v) is 3.63. The molecule has 0 saturated carbocycles. The van der Waals surface area contributed by atoms with Crippen molar-refractivity contribution in [2.45, 2.75) is 46.5 Å². The maximum Gasteiger partial charge on any atom is 0.309 e. The van der Waals surface area contributed by atoms with E-state index in [4.69, 9.17) is 9.47 Å². The molecule has 1 rings (SSSR count). The van der Waals surface area contributed by atoms with Gasteiger partial charge in [0.2, 0.25) is 0 Å². The highest BCUT2D eigenvalue weighted by molar-refractivity contribution is 5.74. The van der Waals surface area contributed by atoms with Gasteiger partial charge in [0.15, 0.2) is 11.5 Å². The topological polar surface area (TPSA) is 55.8 Å². The van der Waals surface area contributed by atoms with Crippen LogP contribution in [0.3, 0.4) is 0 Å². The summed E-state index contributed by atoms with van der Waals surface area (Å²) in [6.07, 6.45) is 0.381. The highest BCUT2D eigenvalue weighted by atomic mass is 16.5. The lowest BCUT2D eigenvalue weighted by Crippen LogP contribution is -2.26. The van der Waals surface area contributed by atoms with E-state index in [0.29, 0.717) is 17.9 Å². The minimum Gasteiger partial charge on any atom is -0.493 e. The van der Waals surface area contributed by atoms with Gasteiger partial charge in [-0.25, -0.2) is 0 Å². The fourth-order valence-electron chi connectivity index (χ4n) is 2.16. The molecule has 0 aliphatic rings. The summed E-state index contributed by atoms with van der Waals surface area (Å²) in [5, 5.41) is 9.35. The van der Waals surface area contributed by atoms with Crippen molar-refractivity contribution in [3.63, 3.8) is 0 Å². The van der Waals surface area contributed by atoms with E-state index in [1.54, 1.807) is 28.1 Å². The van der Waals surface area contributed by atoms with Crippen molar-refractivity contribution in [2.75, 3.05) is 14.2 Å². The number of hydrogen-bond acceptors (Lipinski definition) is 3. The number of rotatable bonds is 5. The molecule has 0 aromatic heterocycles. The maximum atomic E-state index is 11.4. The summed E-state index contributed by atoms with van der Waals surface area (Å²) >= 11 is 0. The summed E-state index contributed by atoms with van der Waals surface area (Å²) in [6.45, 7) is 9.76. The van der Waals surface area contributed by atoms with E-state index in [1.807, 2.05) is 12.1 Å². The zero-order valence-electron chi connectivity index (χ0n) is 14.0. The van der Waals surface area contributed by atoms with Crippen LogP contribution in [0.4, 0.5) is 0 Å². The van der Waals surface area contributed by atoms with E-state index in [9.17, 15) is 9.90 Å². The highest BCUT2D eigenvalue weighted by Crippen LogP contribution is 2.39. The average molecular weight is 294 g/mol. The average Bonchev–Trinajstić information content (AvgIpc) is 2.35. The molecule has 0 aliphatic carbocycles. The van der Waals surface area contributed by atoms with Crippen LogP contribution in [0, 0.1) is 5.41 Å². The minimum atomic E-state index is -0.866. The molecule has 4 nitrogen and oxygen atoms in total. The zero-order chi connectivity index (χ0) is 16.4. The smallest absolute Gasteiger partial charge is 0.309 e. The van der Waals surface area contributed by atoms with E-state index in [2.05, 4.69) is 20.8 Å². The van der Waals surface area contributed by atoms with Crippen LogP contribution >= 0.6 is 0 Å². The van der Waals surface area contributed by atoms with Gasteiger partial charge in [0.25, 0.3) is 0 Å². The molecule has 0 radical (unpaired) electrons. The van der Waals surface area contributed by atoms with Crippen molar-refractivity contribution in [3.8, 4) is 11.5 Å². The number of aliphatic carboxylic acids is 1. The van der Waals surface area contributed by atoms with Crippen LogP contribution < -0.4 is 9.47 Å². The molecule has 0 amide bonds. The molecule has 0 unspecified atom stereocenters. The second-order valence-corrected chi connectivity index (χ2v) is 6.99. The number of carboxylic acid groups (broad SMARTS) is 1. The fraction of sp³-hybridized carbons (Fsp3) is 0.588. The van der Waals surface area contributed by atoms with E-state index in [1.165, 1.54) is 0 Å². The summed E-state index contributed by atoms with van der Waals surface area (Å²) in [7, 11) is 3.17. The van der Waals surface area contributed by atoms with Gasteiger partial charge in [-0.3, -0.25) is 4.79 Å². The van der Waals surface area contributed by atoms with Crippen LogP contribution in [-0.4, -0.2) is 25.3 Å². The lowest BCUT2D eigenvalue weighted by atomic mass is 9.81. The lowest BCUT2D eigenvalue weighted by Gasteiger charge is -2.26. The van der Waals surface area contributed by atoms with Crippen LogP contribution in [0.15, 0.2) is 12.1 Å². The van der Waals surface area contributed by atoms with Gasteiger partial charge in [-0.15, -0.1) is 0 Å². The third kappa shape index (κ3) is 3.90. The summed E-state index contributed by atoms with van der Waals surface area (Å²) in [6, 6.07) is 3.97. The van der Waals surface area contributed by atoms with Gasteiger partial charge in [-0.05, 0) is 42.9 Å². The molecule has 4 heteroatoms. The molecule has 0 bridgehead atoms. The van der Waals surface area contributed by atoms with Gasteiger partial charge in [0, 0.05) is 0 Å². The Morgan fingerprint density at radius 3 is 2.05 bits per heavy atom. The van der Waals surface area contributed by atoms with Gasteiger partial charge < -0.3 is 14.6 Å². The van der Waals surface area contributed by atoms with Gasteiger partial charge >= 0.3 is 5.97 Å². The van der Waals surface area contributed by atoms with Crippen molar-refractivity contribution in [1.29, 1.82) is 0 Å². The Bertz CT molecular complexity index is 524. The second kappa shape index (κ2) is 5.96. The van der Waals surface area contributed by atoms with Gasteiger partial charge in [-0.1, -0.05) is 26.8 Å². The van der Waals surface area contributed by atoms with Crippen LogP contribution in [0.2, 0.25) is 0 Å². The molecule has 0 saturated heterocycles. The lowest BCUT2D eigenvalue weighted by molar-refractivity contribution is -0.146. The van der Waals surface area contributed by atoms with Crippen molar-refractivity contribution in [2.24, 2.45) is 5.41 Å². The maximum absolute atomic E-state index is 11.4. The normalized spacial score (nSPS) is 12.1. The minimum absolute atomic E-state index is 0.0539. The zero-order valence-corrected chi connectivity index (χ0v) is 14.0. The van der Waals surface area contributed by atoms with Crippen molar-refractivity contribution >= 4 is 5.97 Å². The fourth-order valence-corrected chi connectivity index (χ4v) is 2.16. The van der Waals surface area contributed by atoms with Crippen LogP contribution in [-0.2, 0) is 16.6 Å². The summed E-state index contributed by atoms with van der Waals surface area (Å²) in [5.74, 6) is 0.422. The van der Waals surface area contributed by atoms with E-state index >= 15 is 0 Å². The van der Waals surface area contributed by atoms with E-state index in [-0.39, 0.29) is 5.41 Å². The Balaban J connectivity index is 3.44. The Morgan fingerprint density at radius 1 is 1.10 bits per heavy atom. The number of benzene rings is 1. The first-order chi connectivity index (χ1) is 9.52. The highest BCUT2D eigenvalue weighted by Gasteiger charge is 2.30. The molecule has 0 atom stereocenters. The quantitative estimate of drug-likeness (QED) is 0.900. The first-order valence-electron chi connectivity index (χ1n) is 7.01. The molecule has 1 aromatic carbocycles. The predicted octanol–water partition coefficient (Wildman–Crippen LogP) is 3.65. The SMILES string of the molecule is COc1cc(C(C)(C)C)cc(CC(C)(C)C(=O)O)c1OC. The van der Waals surface area contributed by atoms with Crippen molar-refractivity contribution in [3.05, 3.63) is 23.3 Å². The molecule has 21 heavy (non-hydrogen) atoms. The summed E-state index contributed by atoms with van der Waals surface area (Å²) in [5.41, 5.74) is 1.03. The van der Waals surface area contributed by atoms with Crippen LogP contribution in [0.5, 0.6) is 11.5 Å². The largest absolute Gasteiger partial charge is 0.493 e. The molecule has 0 spiro atoms. The van der Waals surface area contributed by atoms with Crippen LogP contribution in [0.25, 0.3) is 0 Å². The molecule has 1 aromatic rings. The van der Waals surface area contributed by atoms with E-state index < -0.39 is 11.4 Å². The second-order valence-electron chi connectivity index (χ2n) is 6.99. The number of carbonyl (C=O) groups is 1. The van der Waals surface area contributed by atoms with Crippen molar-refractivity contribution < 1.29 is 19.4 Å². The molecule has 1 N–H and O–H groups in total. The third-order valence-electron chi connectivity index (χ3n) is 3.63. The van der Waals surface area contributed by atoms with Gasteiger partial charge in [0.1, 0.15) is 0 Å². The Kier molecular flexibility index (Phi) is 4.92. The molecular weight excluding hydrogens is 268 g/mol. The Hall–Kier alpha value is -1.71. The monoisotopic (exact) mass is 294 g/mol.